The van der Waals surface area contributed by atoms with E-state index in [1.807, 2.05) is 13.8 Å². The Morgan fingerprint density at radius 3 is 2.61 bits per heavy atom. The standard InChI is InChI=1S/C12H19BrN4O/c1-7-9(13)10(17-11(14)15-7)16-8-3-5-12(2,18)6-4-8/h8,18H,3-6H2,1-2H3,(H3,14,15,16,17). The van der Waals surface area contributed by atoms with Gasteiger partial charge in [0.1, 0.15) is 5.82 Å². The Morgan fingerprint density at radius 1 is 1.39 bits per heavy atom. The van der Waals surface area contributed by atoms with Gasteiger partial charge >= 0.3 is 0 Å². The summed E-state index contributed by atoms with van der Waals surface area (Å²) in [4.78, 5) is 8.30. The number of anilines is 2. The summed E-state index contributed by atoms with van der Waals surface area (Å²) in [6.45, 7) is 3.78. The predicted molar refractivity (Wildman–Crippen MR) is 75.4 cm³/mol. The van der Waals surface area contributed by atoms with Crippen LogP contribution in [0.5, 0.6) is 0 Å². The number of hydrogen-bond donors (Lipinski definition) is 3. The number of nitrogens with zero attached hydrogens (tertiary/aromatic N) is 2. The van der Waals surface area contributed by atoms with Crippen molar-refractivity contribution in [3.63, 3.8) is 0 Å². The van der Waals surface area contributed by atoms with E-state index in [2.05, 4.69) is 31.2 Å². The maximum absolute atomic E-state index is 9.92. The zero-order valence-electron chi connectivity index (χ0n) is 10.7. The van der Waals surface area contributed by atoms with Crippen LogP contribution in [0, 0.1) is 6.92 Å². The van der Waals surface area contributed by atoms with E-state index < -0.39 is 5.60 Å². The van der Waals surface area contributed by atoms with E-state index in [0.29, 0.717) is 6.04 Å². The highest BCUT2D eigenvalue weighted by Gasteiger charge is 2.29. The molecule has 6 heteroatoms. The lowest BCUT2D eigenvalue weighted by molar-refractivity contribution is 0.0196. The van der Waals surface area contributed by atoms with Crippen molar-refractivity contribution in [2.45, 2.75) is 51.2 Å². The minimum Gasteiger partial charge on any atom is -0.390 e. The fraction of sp³-hybridized carbons (Fsp3) is 0.667. The van der Waals surface area contributed by atoms with Gasteiger partial charge < -0.3 is 16.2 Å². The van der Waals surface area contributed by atoms with Gasteiger partial charge in [0.05, 0.1) is 15.8 Å². The molecule has 0 amide bonds. The number of nitrogen functional groups attached to an aromatic ring is 1. The molecule has 18 heavy (non-hydrogen) atoms. The van der Waals surface area contributed by atoms with Crippen molar-refractivity contribution < 1.29 is 5.11 Å². The molecule has 0 atom stereocenters. The fourth-order valence-electron chi connectivity index (χ4n) is 2.25. The van der Waals surface area contributed by atoms with Crippen LogP contribution in [0.15, 0.2) is 4.47 Å². The minimum absolute atomic E-state index is 0.279. The number of aliphatic hydroxyl groups is 1. The van der Waals surface area contributed by atoms with Crippen molar-refractivity contribution in [2.24, 2.45) is 0 Å². The van der Waals surface area contributed by atoms with Gasteiger partial charge in [0.25, 0.3) is 0 Å². The third kappa shape index (κ3) is 3.11. The third-order valence-corrected chi connectivity index (χ3v) is 4.39. The first-order valence-corrected chi connectivity index (χ1v) is 6.95. The summed E-state index contributed by atoms with van der Waals surface area (Å²) in [5.74, 6) is 1.02. The fourth-order valence-corrected chi connectivity index (χ4v) is 2.55. The molecule has 0 unspecified atom stereocenters. The molecule has 0 radical (unpaired) electrons. The molecule has 0 saturated heterocycles. The van der Waals surface area contributed by atoms with Crippen LogP contribution in [-0.4, -0.2) is 26.7 Å². The average molecular weight is 315 g/mol. The average Bonchev–Trinajstić information content (AvgIpc) is 2.28. The number of aromatic nitrogens is 2. The molecule has 0 aromatic carbocycles. The number of aryl methyl sites for hydroxylation is 1. The van der Waals surface area contributed by atoms with Crippen LogP contribution < -0.4 is 11.1 Å². The zero-order valence-corrected chi connectivity index (χ0v) is 12.3. The molecule has 1 saturated carbocycles. The second-order valence-corrected chi connectivity index (χ2v) is 6.04. The summed E-state index contributed by atoms with van der Waals surface area (Å²) >= 11 is 3.47. The Labute approximate surface area is 115 Å². The maximum Gasteiger partial charge on any atom is 0.222 e. The lowest BCUT2D eigenvalue weighted by Gasteiger charge is -2.33. The van der Waals surface area contributed by atoms with Gasteiger partial charge in [0.15, 0.2) is 0 Å². The molecular weight excluding hydrogens is 296 g/mol. The van der Waals surface area contributed by atoms with E-state index in [1.54, 1.807) is 0 Å². The van der Waals surface area contributed by atoms with Gasteiger partial charge in [-0.1, -0.05) is 0 Å². The van der Waals surface area contributed by atoms with E-state index >= 15 is 0 Å². The van der Waals surface area contributed by atoms with Crippen LogP contribution in [-0.2, 0) is 0 Å². The van der Waals surface area contributed by atoms with Gasteiger partial charge in [-0.05, 0) is 55.5 Å². The number of rotatable bonds is 2. The number of halogens is 1. The first kappa shape index (κ1) is 13.5. The van der Waals surface area contributed by atoms with Gasteiger partial charge in [0.2, 0.25) is 5.95 Å². The first-order valence-electron chi connectivity index (χ1n) is 6.16. The van der Waals surface area contributed by atoms with Crippen LogP contribution in [0.25, 0.3) is 0 Å². The Balaban J connectivity index is 2.07. The molecule has 100 valence electrons. The molecule has 0 bridgehead atoms. The predicted octanol–water partition coefficient (Wildman–Crippen LogP) is 2.24. The second-order valence-electron chi connectivity index (χ2n) is 5.25. The molecule has 1 aromatic rings. The first-order chi connectivity index (χ1) is 8.37. The summed E-state index contributed by atoms with van der Waals surface area (Å²) < 4.78 is 0.856. The van der Waals surface area contributed by atoms with Gasteiger partial charge in [0, 0.05) is 6.04 Å². The molecule has 1 aliphatic rings. The number of nitrogens with one attached hydrogen (secondary N) is 1. The number of nitrogens with two attached hydrogens (primary N) is 1. The lowest BCUT2D eigenvalue weighted by atomic mass is 9.84. The highest BCUT2D eigenvalue weighted by molar-refractivity contribution is 9.10. The molecule has 1 aromatic heterocycles. The largest absolute Gasteiger partial charge is 0.390 e. The third-order valence-electron chi connectivity index (χ3n) is 3.44. The van der Waals surface area contributed by atoms with E-state index in [9.17, 15) is 5.11 Å². The summed E-state index contributed by atoms with van der Waals surface area (Å²) in [7, 11) is 0. The quantitative estimate of drug-likeness (QED) is 0.779. The van der Waals surface area contributed by atoms with E-state index in [4.69, 9.17) is 5.73 Å². The highest BCUT2D eigenvalue weighted by Crippen LogP contribution is 2.31. The maximum atomic E-state index is 9.92. The molecule has 2 rings (SSSR count). The van der Waals surface area contributed by atoms with Crippen LogP contribution in [0.2, 0.25) is 0 Å². The Kier molecular flexibility index (Phi) is 3.77. The van der Waals surface area contributed by atoms with Crippen molar-refractivity contribution in [3.05, 3.63) is 10.2 Å². The summed E-state index contributed by atoms with van der Waals surface area (Å²) in [5.41, 5.74) is 5.96. The lowest BCUT2D eigenvalue weighted by Crippen LogP contribution is -2.36. The van der Waals surface area contributed by atoms with Crippen LogP contribution in [0.1, 0.15) is 38.3 Å². The SMILES string of the molecule is Cc1nc(N)nc(NC2CCC(C)(O)CC2)c1Br. The minimum atomic E-state index is -0.518. The highest BCUT2D eigenvalue weighted by atomic mass is 79.9. The molecule has 1 fully saturated rings. The Hall–Kier alpha value is -0.880. The number of hydrogen-bond acceptors (Lipinski definition) is 5. The molecule has 1 heterocycles. The summed E-state index contributed by atoms with van der Waals surface area (Å²) in [6, 6.07) is 0.329. The van der Waals surface area contributed by atoms with E-state index in [0.717, 1.165) is 41.7 Å². The zero-order chi connectivity index (χ0) is 13.3. The van der Waals surface area contributed by atoms with Crippen LogP contribution in [0.3, 0.4) is 0 Å². The van der Waals surface area contributed by atoms with Crippen molar-refractivity contribution in [1.29, 1.82) is 0 Å². The normalized spacial score (nSPS) is 28.1. The van der Waals surface area contributed by atoms with Crippen molar-refractivity contribution >= 4 is 27.7 Å². The van der Waals surface area contributed by atoms with Crippen molar-refractivity contribution in [1.82, 2.24) is 9.97 Å². The Morgan fingerprint density at radius 2 is 2.00 bits per heavy atom. The van der Waals surface area contributed by atoms with Crippen molar-refractivity contribution in [2.75, 3.05) is 11.1 Å². The smallest absolute Gasteiger partial charge is 0.222 e. The van der Waals surface area contributed by atoms with Crippen LogP contribution >= 0.6 is 15.9 Å². The van der Waals surface area contributed by atoms with Gasteiger partial charge in [-0.2, -0.15) is 4.98 Å². The van der Waals surface area contributed by atoms with E-state index in [-0.39, 0.29) is 5.95 Å². The van der Waals surface area contributed by atoms with Crippen LogP contribution in [0.4, 0.5) is 11.8 Å². The van der Waals surface area contributed by atoms with E-state index in [1.165, 1.54) is 0 Å². The molecular formula is C12H19BrN4O. The molecule has 0 spiro atoms. The monoisotopic (exact) mass is 314 g/mol. The molecule has 5 nitrogen and oxygen atoms in total. The summed E-state index contributed by atoms with van der Waals surface area (Å²) in [6.07, 6.45) is 3.48. The van der Waals surface area contributed by atoms with Gasteiger partial charge in [-0.25, -0.2) is 4.98 Å². The summed E-state index contributed by atoms with van der Waals surface area (Å²) in [5, 5.41) is 13.3. The Bertz CT molecular complexity index is 440. The topological polar surface area (TPSA) is 84.1 Å². The second kappa shape index (κ2) is 5.01. The molecule has 4 N–H and O–H groups in total. The van der Waals surface area contributed by atoms with Crippen molar-refractivity contribution in [3.8, 4) is 0 Å². The van der Waals surface area contributed by atoms with Gasteiger partial charge in [-0.15, -0.1) is 0 Å². The molecule has 1 aliphatic carbocycles. The van der Waals surface area contributed by atoms with Gasteiger partial charge in [-0.3, -0.25) is 0 Å². The molecule has 0 aliphatic heterocycles.